The quantitative estimate of drug-likeness (QED) is 0.733. The molecule has 1 aromatic rings. The molecule has 1 amide bonds. The summed E-state index contributed by atoms with van der Waals surface area (Å²) in [6.07, 6.45) is 0.932. The van der Waals surface area contributed by atoms with E-state index in [-0.39, 0.29) is 5.75 Å². The van der Waals surface area contributed by atoms with Crippen LogP contribution in [-0.4, -0.2) is 18.1 Å². The van der Waals surface area contributed by atoms with Crippen LogP contribution >= 0.6 is 0 Å². The maximum absolute atomic E-state index is 13.2. The van der Waals surface area contributed by atoms with E-state index in [4.69, 9.17) is 16.2 Å². The molecule has 0 aliphatic heterocycles. The van der Waals surface area contributed by atoms with Crippen LogP contribution in [0.4, 0.5) is 4.39 Å². The lowest BCUT2D eigenvalue weighted by Crippen LogP contribution is -2.49. The molecule has 1 unspecified atom stereocenters. The number of hydrogen-bond acceptors (Lipinski definition) is 3. The summed E-state index contributed by atoms with van der Waals surface area (Å²) >= 11 is 0. The van der Waals surface area contributed by atoms with Gasteiger partial charge in [-0.05, 0) is 31.9 Å². The normalized spacial score (nSPS) is 14.1. The molecule has 4 N–H and O–H groups in total. The Bertz CT molecular complexity index is 394. The maximum Gasteiger partial charge on any atom is 0.237 e. The highest BCUT2D eigenvalue weighted by atomic mass is 19.1. The van der Waals surface area contributed by atoms with Crippen LogP contribution in [0.15, 0.2) is 24.3 Å². The molecule has 0 heterocycles. The van der Waals surface area contributed by atoms with Crippen LogP contribution in [-0.2, 0) is 4.79 Å². The molecule has 0 fully saturated rings. The molecule has 4 nitrogen and oxygen atoms in total. The fourth-order valence-electron chi connectivity index (χ4n) is 1.31. The van der Waals surface area contributed by atoms with Crippen LogP contribution in [0.5, 0.6) is 5.75 Å². The van der Waals surface area contributed by atoms with Gasteiger partial charge in [-0.3, -0.25) is 4.79 Å². The summed E-state index contributed by atoms with van der Waals surface area (Å²) in [5.74, 6) is -0.758. The number of benzene rings is 1. The lowest BCUT2D eigenvalue weighted by atomic mass is 9.97. The third kappa shape index (κ3) is 4.03. The van der Waals surface area contributed by atoms with E-state index in [1.54, 1.807) is 25.1 Å². The fourth-order valence-corrected chi connectivity index (χ4v) is 1.31. The molecule has 94 valence electrons. The number of para-hydroxylation sites is 1. The van der Waals surface area contributed by atoms with E-state index in [0.717, 1.165) is 0 Å². The van der Waals surface area contributed by atoms with E-state index >= 15 is 0 Å². The van der Waals surface area contributed by atoms with Crippen molar-refractivity contribution >= 4 is 5.91 Å². The van der Waals surface area contributed by atoms with Crippen LogP contribution < -0.4 is 16.2 Å². The minimum absolute atomic E-state index is 0.199. The van der Waals surface area contributed by atoms with E-state index in [0.29, 0.717) is 19.4 Å². The number of ether oxygens (including phenoxy) is 1. The smallest absolute Gasteiger partial charge is 0.237 e. The predicted molar refractivity (Wildman–Crippen MR) is 62.9 cm³/mol. The van der Waals surface area contributed by atoms with Crippen LogP contribution in [0.2, 0.25) is 0 Å². The molecule has 1 aromatic carbocycles. The summed E-state index contributed by atoms with van der Waals surface area (Å²) in [4.78, 5) is 10.9. The molecule has 0 radical (unpaired) electrons. The lowest BCUT2D eigenvalue weighted by molar-refractivity contribution is -0.122. The van der Waals surface area contributed by atoms with E-state index < -0.39 is 17.3 Å². The average molecular weight is 240 g/mol. The Morgan fingerprint density at radius 3 is 2.71 bits per heavy atom. The number of primary amides is 1. The Labute approximate surface area is 99.7 Å². The van der Waals surface area contributed by atoms with Gasteiger partial charge in [0.05, 0.1) is 12.1 Å². The average Bonchev–Trinajstić information content (AvgIpc) is 2.26. The first-order valence-electron chi connectivity index (χ1n) is 5.39. The largest absolute Gasteiger partial charge is 0.491 e. The summed E-state index contributed by atoms with van der Waals surface area (Å²) in [5, 5.41) is 0. The molecule has 5 heteroatoms. The fraction of sp³-hybridized carbons (Fsp3) is 0.417. The van der Waals surface area contributed by atoms with Gasteiger partial charge in [0, 0.05) is 0 Å². The summed E-state index contributed by atoms with van der Waals surface area (Å²) < 4.78 is 18.4. The molecule has 0 saturated heterocycles. The summed E-state index contributed by atoms with van der Waals surface area (Å²) in [6, 6.07) is 6.15. The Morgan fingerprint density at radius 1 is 1.47 bits per heavy atom. The first-order valence-corrected chi connectivity index (χ1v) is 5.39. The van der Waals surface area contributed by atoms with Crippen molar-refractivity contribution in [2.75, 3.05) is 6.61 Å². The topological polar surface area (TPSA) is 78.3 Å². The van der Waals surface area contributed by atoms with E-state index in [9.17, 15) is 9.18 Å². The second kappa shape index (κ2) is 5.63. The molecule has 0 saturated carbocycles. The Morgan fingerprint density at radius 2 is 2.12 bits per heavy atom. The predicted octanol–water partition coefficient (Wildman–Crippen LogP) is 1.19. The second-order valence-corrected chi connectivity index (χ2v) is 4.16. The van der Waals surface area contributed by atoms with Crippen molar-refractivity contribution in [3.05, 3.63) is 30.1 Å². The van der Waals surface area contributed by atoms with Gasteiger partial charge in [0.1, 0.15) is 0 Å². The molecular formula is C12H17FN2O2. The Balaban J connectivity index is 2.35. The lowest BCUT2D eigenvalue weighted by Gasteiger charge is -2.20. The molecule has 0 aromatic heterocycles. The van der Waals surface area contributed by atoms with Crippen LogP contribution in [0.3, 0.4) is 0 Å². The Kier molecular flexibility index (Phi) is 4.45. The Hall–Kier alpha value is -1.62. The van der Waals surface area contributed by atoms with Crippen molar-refractivity contribution in [2.24, 2.45) is 11.5 Å². The van der Waals surface area contributed by atoms with Gasteiger partial charge < -0.3 is 16.2 Å². The van der Waals surface area contributed by atoms with E-state index in [1.165, 1.54) is 6.07 Å². The van der Waals surface area contributed by atoms with Crippen LogP contribution in [0.25, 0.3) is 0 Å². The minimum atomic E-state index is -1.04. The third-order valence-electron chi connectivity index (χ3n) is 2.50. The SMILES string of the molecule is CC(N)(CCCOc1ccccc1F)C(N)=O. The number of halogens is 1. The summed E-state index contributed by atoms with van der Waals surface area (Å²) in [5.41, 5.74) is 9.74. The zero-order valence-electron chi connectivity index (χ0n) is 9.78. The zero-order chi connectivity index (χ0) is 12.9. The van der Waals surface area contributed by atoms with Crippen LogP contribution in [0.1, 0.15) is 19.8 Å². The highest BCUT2D eigenvalue weighted by Crippen LogP contribution is 2.16. The van der Waals surface area contributed by atoms with Crippen molar-refractivity contribution in [3.63, 3.8) is 0 Å². The molecular weight excluding hydrogens is 223 g/mol. The highest BCUT2D eigenvalue weighted by Gasteiger charge is 2.24. The van der Waals surface area contributed by atoms with Crippen molar-refractivity contribution in [2.45, 2.75) is 25.3 Å². The van der Waals surface area contributed by atoms with Crippen LogP contribution in [0, 0.1) is 5.82 Å². The summed E-state index contributed by atoms with van der Waals surface area (Å²) in [7, 11) is 0. The highest BCUT2D eigenvalue weighted by molar-refractivity contribution is 5.83. The number of carbonyl (C=O) groups excluding carboxylic acids is 1. The number of nitrogens with two attached hydrogens (primary N) is 2. The first-order chi connectivity index (χ1) is 7.93. The molecule has 17 heavy (non-hydrogen) atoms. The number of rotatable bonds is 6. The van der Waals surface area contributed by atoms with Crippen molar-refractivity contribution in [1.29, 1.82) is 0 Å². The maximum atomic E-state index is 13.2. The monoisotopic (exact) mass is 240 g/mol. The van der Waals surface area contributed by atoms with Gasteiger partial charge in [-0.2, -0.15) is 0 Å². The second-order valence-electron chi connectivity index (χ2n) is 4.16. The number of hydrogen-bond donors (Lipinski definition) is 2. The number of carbonyl (C=O) groups is 1. The molecule has 0 spiro atoms. The standard InChI is InChI=1S/C12H17FN2O2/c1-12(15,11(14)16)7-4-8-17-10-6-3-2-5-9(10)13/h2-3,5-6H,4,7-8,15H2,1H3,(H2,14,16). The number of amides is 1. The molecule has 0 aliphatic rings. The van der Waals surface area contributed by atoms with Gasteiger partial charge in [0.25, 0.3) is 0 Å². The zero-order valence-corrected chi connectivity index (χ0v) is 9.78. The van der Waals surface area contributed by atoms with Gasteiger partial charge in [0.15, 0.2) is 11.6 Å². The first kappa shape index (κ1) is 13.4. The van der Waals surface area contributed by atoms with Gasteiger partial charge >= 0.3 is 0 Å². The van der Waals surface area contributed by atoms with E-state index in [2.05, 4.69) is 0 Å². The van der Waals surface area contributed by atoms with Crippen molar-refractivity contribution in [1.82, 2.24) is 0 Å². The molecule has 0 bridgehead atoms. The molecule has 0 aliphatic carbocycles. The molecule has 1 atom stereocenters. The van der Waals surface area contributed by atoms with E-state index in [1.807, 2.05) is 0 Å². The van der Waals surface area contributed by atoms with Gasteiger partial charge in [-0.15, -0.1) is 0 Å². The summed E-state index contributed by atoms with van der Waals surface area (Å²) in [6.45, 7) is 1.86. The third-order valence-corrected chi connectivity index (χ3v) is 2.50. The van der Waals surface area contributed by atoms with Crippen molar-refractivity contribution < 1.29 is 13.9 Å². The molecule has 1 rings (SSSR count). The van der Waals surface area contributed by atoms with Gasteiger partial charge in [-0.25, -0.2) is 4.39 Å². The van der Waals surface area contributed by atoms with Gasteiger partial charge in [0.2, 0.25) is 5.91 Å². The van der Waals surface area contributed by atoms with Gasteiger partial charge in [-0.1, -0.05) is 12.1 Å². The van der Waals surface area contributed by atoms with Crippen molar-refractivity contribution in [3.8, 4) is 5.75 Å². The minimum Gasteiger partial charge on any atom is -0.491 e.